The van der Waals surface area contributed by atoms with Crippen LogP contribution >= 0.6 is 11.6 Å². The normalized spacial score (nSPS) is 13.1. The zero-order chi connectivity index (χ0) is 18.7. The average Bonchev–Trinajstić information content (AvgIpc) is 2.85. The molecule has 0 unspecified atom stereocenters. The average molecular weight is 375 g/mol. The van der Waals surface area contributed by atoms with Crippen LogP contribution in [0.5, 0.6) is 0 Å². The van der Waals surface area contributed by atoms with Crippen LogP contribution in [0.4, 0.5) is 4.39 Å². The Morgan fingerprint density at radius 1 is 1.12 bits per heavy atom. The number of carbonyl (C=O) groups is 3. The highest BCUT2D eigenvalue weighted by Gasteiger charge is 2.37. The van der Waals surface area contributed by atoms with E-state index >= 15 is 0 Å². The molecular formula is C19H16ClFN2O3. The Hall–Kier alpha value is -2.73. The maximum Gasteiger partial charge on any atom is 0.264 e. The molecule has 1 heterocycles. The molecule has 5 nitrogen and oxygen atoms in total. The third-order valence-electron chi connectivity index (χ3n) is 4.14. The SMILES string of the molecule is O=C(CCN1C(=O)c2cccc(F)c2C1=O)NCCc1cccc(Cl)c1. The van der Waals surface area contributed by atoms with Gasteiger partial charge in [0.05, 0.1) is 11.1 Å². The first-order valence-corrected chi connectivity index (χ1v) is 8.51. The smallest absolute Gasteiger partial charge is 0.264 e. The highest BCUT2D eigenvalue weighted by molar-refractivity contribution is 6.30. The number of amides is 3. The number of halogens is 2. The Morgan fingerprint density at radius 3 is 2.62 bits per heavy atom. The maximum absolute atomic E-state index is 13.8. The summed E-state index contributed by atoms with van der Waals surface area (Å²) in [6.07, 6.45) is 0.577. The fourth-order valence-electron chi connectivity index (χ4n) is 2.84. The molecule has 0 bridgehead atoms. The second kappa shape index (κ2) is 7.66. The van der Waals surface area contributed by atoms with Crippen molar-refractivity contribution < 1.29 is 18.8 Å². The van der Waals surface area contributed by atoms with Crippen molar-refractivity contribution in [3.8, 4) is 0 Å². The first kappa shape index (κ1) is 18.1. The van der Waals surface area contributed by atoms with Crippen molar-refractivity contribution in [2.45, 2.75) is 12.8 Å². The van der Waals surface area contributed by atoms with Crippen LogP contribution in [0.15, 0.2) is 42.5 Å². The summed E-state index contributed by atoms with van der Waals surface area (Å²) in [6, 6.07) is 11.3. The topological polar surface area (TPSA) is 66.5 Å². The van der Waals surface area contributed by atoms with Gasteiger partial charge in [-0.05, 0) is 36.2 Å². The van der Waals surface area contributed by atoms with Crippen molar-refractivity contribution in [1.82, 2.24) is 10.2 Å². The Balaban J connectivity index is 1.50. The lowest BCUT2D eigenvalue weighted by atomic mass is 10.1. The van der Waals surface area contributed by atoms with E-state index in [1.54, 1.807) is 6.07 Å². The molecule has 0 aliphatic carbocycles. The second-order valence-electron chi connectivity index (χ2n) is 5.90. The zero-order valence-electron chi connectivity index (χ0n) is 13.8. The Bertz CT molecular complexity index is 885. The summed E-state index contributed by atoms with van der Waals surface area (Å²) in [7, 11) is 0. The molecule has 7 heteroatoms. The van der Waals surface area contributed by atoms with Gasteiger partial charge in [0.15, 0.2) is 0 Å². The largest absolute Gasteiger partial charge is 0.356 e. The molecule has 1 aliphatic heterocycles. The first-order chi connectivity index (χ1) is 12.5. The summed E-state index contributed by atoms with van der Waals surface area (Å²) in [5, 5.41) is 3.36. The highest BCUT2D eigenvalue weighted by atomic mass is 35.5. The molecule has 0 radical (unpaired) electrons. The molecule has 0 fully saturated rings. The van der Waals surface area contributed by atoms with Crippen LogP contribution in [-0.4, -0.2) is 35.7 Å². The molecule has 0 saturated carbocycles. The monoisotopic (exact) mass is 374 g/mol. The van der Waals surface area contributed by atoms with Crippen LogP contribution in [0.2, 0.25) is 5.02 Å². The van der Waals surface area contributed by atoms with Crippen LogP contribution in [-0.2, 0) is 11.2 Å². The van der Waals surface area contributed by atoms with Gasteiger partial charge in [0, 0.05) is 24.5 Å². The third kappa shape index (κ3) is 3.75. The summed E-state index contributed by atoms with van der Waals surface area (Å²) in [6.45, 7) is 0.324. The van der Waals surface area contributed by atoms with Gasteiger partial charge in [0.1, 0.15) is 5.82 Å². The Morgan fingerprint density at radius 2 is 1.88 bits per heavy atom. The predicted octanol–water partition coefficient (Wildman–Crippen LogP) is 2.82. The zero-order valence-corrected chi connectivity index (χ0v) is 14.6. The molecule has 134 valence electrons. The summed E-state index contributed by atoms with van der Waals surface area (Å²) in [4.78, 5) is 37.2. The number of imide groups is 1. The minimum absolute atomic E-state index is 0.0383. The lowest BCUT2D eigenvalue weighted by Crippen LogP contribution is -2.35. The van der Waals surface area contributed by atoms with E-state index in [0.29, 0.717) is 18.0 Å². The van der Waals surface area contributed by atoms with E-state index in [1.807, 2.05) is 18.2 Å². The number of hydrogen-bond donors (Lipinski definition) is 1. The van der Waals surface area contributed by atoms with Gasteiger partial charge in [-0.3, -0.25) is 19.3 Å². The van der Waals surface area contributed by atoms with Crippen LogP contribution in [0.1, 0.15) is 32.7 Å². The van der Waals surface area contributed by atoms with Crippen LogP contribution in [0.3, 0.4) is 0 Å². The number of nitrogens with one attached hydrogen (secondary N) is 1. The number of carbonyl (C=O) groups excluding carboxylic acids is 3. The molecule has 0 spiro atoms. The number of hydrogen-bond acceptors (Lipinski definition) is 3. The minimum atomic E-state index is -0.727. The standard InChI is InChI=1S/C19H16ClFN2O3/c20-13-4-1-3-12(11-13)7-9-22-16(24)8-10-23-18(25)14-5-2-6-15(21)17(14)19(23)26/h1-6,11H,7-10H2,(H,22,24). The van der Waals surface area contributed by atoms with Crippen LogP contribution in [0, 0.1) is 5.82 Å². The van der Waals surface area contributed by atoms with E-state index in [4.69, 9.17) is 11.6 Å². The number of rotatable bonds is 6. The molecule has 1 N–H and O–H groups in total. The summed E-state index contributed by atoms with van der Waals surface area (Å²) >= 11 is 5.90. The lowest BCUT2D eigenvalue weighted by molar-refractivity contribution is -0.121. The minimum Gasteiger partial charge on any atom is -0.356 e. The van der Waals surface area contributed by atoms with Gasteiger partial charge in [-0.25, -0.2) is 4.39 Å². The van der Waals surface area contributed by atoms with Crippen molar-refractivity contribution >= 4 is 29.3 Å². The van der Waals surface area contributed by atoms with Gasteiger partial charge < -0.3 is 5.32 Å². The van der Waals surface area contributed by atoms with E-state index in [9.17, 15) is 18.8 Å². The van der Waals surface area contributed by atoms with Crippen molar-refractivity contribution in [2.24, 2.45) is 0 Å². The Kier molecular flexibility index (Phi) is 5.32. The fourth-order valence-corrected chi connectivity index (χ4v) is 3.05. The third-order valence-corrected chi connectivity index (χ3v) is 4.37. The van der Waals surface area contributed by atoms with E-state index < -0.39 is 17.6 Å². The van der Waals surface area contributed by atoms with Gasteiger partial charge in [-0.15, -0.1) is 0 Å². The molecule has 1 aliphatic rings. The molecular weight excluding hydrogens is 359 g/mol. The summed E-state index contributed by atoms with van der Waals surface area (Å²) < 4.78 is 13.8. The Labute approximate surface area is 154 Å². The van der Waals surface area contributed by atoms with Crippen molar-refractivity contribution in [3.63, 3.8) is 0 Å². The predicted molar refractivity (Wildman–Crippen MR) is 94.5 cm³/mol. The van der Waals surface area contributed by atoms with Crippen LogP contribution < -0.4 is 5.32 Å². The maximum atomic E-state index is 13.8. The molecule has 2 aromatic carbocycles. The molecule has 2 aromatic rings. The highest BCUT2D eigenvalue weighted by Crippen LogP contribution is 2.25. The molecule has 0 atom stereocenters. The van der Waals surface area contributed by atoms with Gasteiger partial charge >= 0.3 is 0 Å². The van der Waals surface area contributed by atoms with E-state index in [-0.39, 0.29) is 30.0 Å². The van der Waals surface area contributed by atoms with E-state index in [1.165, 1.54) is 12.1 Å². The fraction of sp³-hybridized carbons (Fsp3) is 0.211. The first-order valence-electron chi connectivity index (χ1n) is 8.13. The molecule has 26 heavy (non-hydrogen) atoms. The van der Waals surface area contributed by atoms with Gasteiger partial charge in [-0.2, -0.15) is 0 Å². The summed E-state index contributed by atoms with van der Waals surface area (Å²) in [5.74, 6) is -2.29. The number of benzene rings is 2. The molecule has 3 rings (SSSR count). The lowest BCUT2D eigenvalue weighted by Gasteiger charge is -2.13. The van der Waals surface area contributed by atoms with E-state index in [0.717, 1.165) is 16.5 Å². The van der Waals surface area contributed by atoms with Crippen molar-refractivity contribution in [1.29, 1.82) is 0 Å². The van der Waals surface area contributed by atoms with Gasteiger partial charge in [0.25, 0.3) is 11.8 Å². The van der Waals surface area contributed by atoms with Gasteiger partial charge in [-0.1, -0.05) is 29.8 Å². The van der Waals surface area contributed by atoms with Gasteiger partial charge in [0.2, 0.25) is 5.91 Å². The molecule has 0 aromatic heterocycles. The van der Waals surface area contributed by atoms with Crippen molar-refractivity contribution in [2.75, 3.05) is 13.1 Å². The summed E-state index contributed by atoms with van der Waals surface area (Å²) in [5.41, 5.74) is 0.809. The number of fused-ring (bicyclic) bond motifs is 1. The van der Waals surface area contributed by atoms with E-state index in [2.05, 4.69) is 5.32 Å². The van der Waals surface area contributed by atoms with Crippen molar-refractivity contribution in [3.05, 3.63) is 70.0 Å². The molecule has 3 amide bonds. The number of nitrogens with zero attached hydrogens (tertiary/aromatic N) is 1. The second-order valence-corrected chi connectivity index (χ2v) is 6.34. The van der Waals surface area contributed by atoms with Crippen LogP contribution in [0.25, 0.3) is 0 Å². The quantitative estimate of drug-likeness (QED) is 0.791. The molecule has 0 saturated heterocycles.